The third kappa shape index (κ3) is 17.6. The number of rotatable bonds is 28. The van der Waals surface area contributed by atoms with Crippen LogP contribution in [-0.2, 0) is 23.7 Å². The van der Waals surface area contributed by atoms with Crippen molar-refractivity contribution in [3.05, 3.63) is 36.5 Å². The van der Waals surface area contributed by atoms with E-state index in [1.807, 2.05) is 6.08 Å². The molecule has 2 fully saturated rings. The molecule has 2 saturated heterocycles. The van der Waals surface area contributed by atoms with Gasteiger partial charge in [0.2, 0.25) is 5.91 Å². The Balaban J connectivity index is 1.96. The first-order valence-corrected chi connectivity index (χ1v) is 20.2. The molecule has 0 aromatic carbocycles. The normalized spacial score (nSPS) is 30.4. The number of aliphatic hydroxyl groups excluding tert-OH is 8. The van der Waals surface area contributed by atoms with E-state index in [0.29, 0.717) is 12.8 Å². The maximum atomic E-state index is 12.9. The van der Waals surface area contributed by atoms with Gasteiger partial charge in [0.25, 0.3) is 0 Å². The van der Waals surface area contributed by atoms with Gasteiger partial charge in [0.05, 0.1) is 32.0 Å². The van der Waals surface area contributed by atoms with Gasteiger partial charge in [-0.2, -0.15) is 0 Å². The van der Waals surface area contributed by atoms with Gasteiger partial charge in [-0.3, -0.25) is 4.79 Å². The Morgan fingerprint density at radius 2 is 1.19 bits per heavy atom. The van der Waals surface area contributed by atoms with Crippen LogP contribution < -0.4 is 5.32 Å². The average molecular weight is 774 g/mol. The number of hydrogen-bond acceptors (Lipinski definition) is 13. The van der Waals surface area contributed by atoms with Crippen LogP contribution in [0.4, 0.5) is 0 Å². The summed E-state index contributed by atoms with van der Waals surface area (Å²) < 4.78 is 22.5. The van der Waals surface area contributed by atoms with Crippen LogP contribution in [0.3, 0.4) is 0 Å². The molecule has 54 heavy (non-hydrogen) atoms. The first-order valence-electron chi connectivity index (χ1n) is 20.2. The number of allylic oxidation sites excluding steroid dienone is 5. The summed E-state index contributed by atoms with van der Waals surface area (Å²) >= 11 is 0. The van der Waals surface area contributed by atoms with Gasteiger partial charge in [0.1, 0.15) is 48.8 Å². The molecule has 1 amide bonds. The number of ether oxygens (including phenoxy) is 4. The predicted octanol–water partition coefficient (Wildman–Crippen LogP) is 2.42. The molecule has 0 aromatic heterocycles. The van der Waals surface area contributed by atoms with Crippen molar-refractivity contribution in [3.8, 4) is 0 Å². The molecule has 0 radical (unpaired) electrons. The van der Waals surface area contributed by atoms with E-state index in [4.69, 9.17) is 18.9 Å². The number of aliphatic hydroxyl groups is 8. The van der Waals surface area contributed by atoms with Crippen LogP contribution in [-0.4, -0.2) is 140 Å². The first kappa shape index (κ1) is 48.4. The molecule has 2 heterocycles. The minimum absolute atomic E-state index is 0.267. The Morgan fingerprint density at radius 3 is 1.81 bits per heavy atom. The lowest BCUT2D eigenvalue weighted by Gasteiger charge is -2.46. The highest BCUT2D eigenvalue weighted by molar-refractivity contribution is 5.76. The smallest absolute Gasteiger partial charge is 0.220 e. The van der Waals surface area contributed by atoms with Gasteiger partial charge in [0.15, 0.2) is 12.6 Å². The number of carbonyl (C=O) groups excluding carboxylic acids is 1. The Kier molecular flexibility index (Phi) is 25.6. The second kappa shape index (κ2) is 28.6. The van der Waals surface area contributed by atoms with Gasteiger partial charge in [0, 0.05) is 6.42 Å². The number of hydrogen-bond donors (Lipinski definition) is 9. The Labute approximate surface area is 321 Å². The van der Waals surface area contributed by atoms with Crippen LogP contribution in [0.2, 0.25) is 0 Å². The highest BCUT2D eigenvalue weighted by atomic mass is 16.7. The van der Waals surface area contributed by atoms with E-state index in [-0.39, 0.29) is 18.9 Å². The van der Waals surface area contributed by atoms with Crippen LogP contribution in [0.25, 0.3) is 0 Å². The van der Waals surface area contributed by atoms with E-state index in [9.17, 15) is 45.6 Å². The minimum Gasteiger partial charge on any atom is -0.394 e. The van der Waals surface area contributed by atoms with Crippen molar-refractivity contribution in [2.75, 3.05) is 19.8 Å². The average Bonchev–Trinajstić information content (AvgIpc) is 3.17. The third-order valence-electron chi connectivity index (χ3n) is 9.81. The molecular weight excluding hydrogens is 702 g/mol. The van der Waals surface area contributed by atoms with Gasteiger partial charge in [-0.05, 0) is 44.9 Å². The summed E-state index contributed by atoms with van der Waals surface area (Å²) in [6.07, 6.45) is 11.0. The van der Waals surface area contributed by atoms with Gasteiger partial charge in [-0.15, -0.1) is 0 Å². The van der Waals surface area contributed by atoms with Crippen molar-refractivity contribution in [1.82, 2.24) is 5.32 Å². The van der Waals surface area contributed by atoms with E-state index >= 15 is 0 Å². The first-order chi connectivity index (χ1) is 26.1. The van der Waals surface area contributed by atoms with Crippen LogP contribution in [0.15, 0.2) is 36.5 Å². The molecule has 14 nitrogen and oxygen atoms in total. The third-order valence-corrected chi connectivity index (χ3v) is 9.81. The molecule has 0 spiro atoms. The number of amides is 1. The standard InChI is InChI=1S/C40H71NO13/c1-3-5-7-9-11-12-13-14-15-16-17-18-19-21-23-29(44)28(41-32(45)24-22-20-10-8-6-4-2)27-51-39-37(50)35(48)38(31(26-43)53-39)54-40-36(49)34(47)33(46)30(25-42)52-40/h12-13,16-17,21,23,28-31,33-40,42-44,46-50H,3-11,14-15,18-20,22,24-27H2,1-2H3,(H,41,45)/b13-12+,17-16+,23-21+. The van der Waals surface area contributed by atoms with Crippen molar-refractivity contribution in [2.45, 2.75) is 190 Å². The zero-order valence-electron chi connectivity index (χ0n) is 32.4. The molecule has 12 atom stereocenters. The summed E-state index contributed by atoms with van der Waals surface area (Å²) in [7, 11) is 0. The van der Waals surface area contributed by atoms with Gasteiger partial charge >= 0.3 is 0 Å². The summed E-state index contributed by atoms with van der Waals surface area (Å²) in [6, 6.07) is -0.929. The monoisotopic (exact) mass is 773 g/mol. The highest BCUT2D eigenvalue weighted by Crippen LogP contribution is 2.29. The molecule has 9 N–H and O–H groups in total. The van der Waals surface area contributed by atoms with E-state index in [0.717, 1.165) is 57.8 Å². The zero-order valence-corrected chi connectivity index (χ0v) is 32.4. The molecule has 14 heteroatoms. The molecule has 12 unspecified atom stereocenters. The minimum atomic E-state index is -1.79. The molecule has 314 valence electrons. The van der Waals surface area contributed by atoms with E-state index in [1.54, 1.807) is 6.08 Å². The fourth-order valence-corrected chi connectivity index (χ4v) is 6.38. The largest absolute Gasteiger partial charge is 0.394 e. The molecule has 0 bridgehead atoms. The fourth-order valence-electron chi connectivity index (χ4n) is 6.38. The molecule has 0 aliphatic carbocycles. The van der Waals surface area contributed by atoms with Crippen LogP contribution in [0.5, 0.6) is 0 Å². The van der Waals surface area contributed by atoms with Crippen molar-refractivity contribution < 1.29 is 64.6 Å². The number of unbranched alkanes of at least 4 members (excludes halogenated alkanes) is 11. The van der Waals surface area contributed by atoms with Crippen molar-refractivity contribution in [3.63, 3.8) is 0 Å². The maximum absolute atomic E-state index is 12.9. The number of nitrogens with one attached hydrogen (secondary N) is 1. The molecule has 2 rings (SSSR count). The van der Waals surface area contributed by atoms with E-state index in [1.165, 1.54) is 25.7 Å². The lowest BCUT2D eigenvalue weighted by Crippen LogP contribution is -2.65. The van der Waals surface area contributed by atoms with Crippen LogP contribution >= 0.6 is 0 Å². The highest BCUT2D eigenvalue weighted by Gasteiger charge is 2.50. The quantitative estimate of drug-likeness (QED) is 0.0412. The van der Waals surface area contributed by atoms with Gasteiger partial charge in [-0.1, -0.05) is 102 Å². The second-order valence-electron chi connectivity index (χ2n) is 14.4. The van der Waals surface area contributed by atoms with Crippen molar-refractivity contribution >= 4 is 5.91 Å². The summed E-state index contributed by atoms with van der Waals surface area (Å²) in [6.45, 7) is 2.61. The van der Waals surface area contributed by atoms with Gasteiger partial charge in [-0.25, -0.2) is 0 Å². The summed E-state index contributed by atoms with van der Waals surface area (Å²) in [5.74, 6) is -0.268. The summed E-state index contributed by atoms with van der Waals surface area (Å²) in [5, 5.41) is 85.9. The van der Waals surface area contributed by atoms with E-state index < -0.39 is 86.8 Å². The molecule has 0 saturated carbocycles. The summed E-state index contributed by atoms with van der Waals surface area (Å²) in [4.78, 5) is 12.9. The van der Waals surface area contributed by atoms with E-state index in [2.05, 4.69) is 43.5 Å². The van der Waals surface area contributed by atoms with Crippen molar-refractivity contribution in [2.24, 2.45) is 0 Å². The molecular formula is C40H71NO13. The topological polar surface area (TPSA) is 228 Å². The van der Waals surface area contributed by atoms with Crippen molar-refractivity contribution in [1.29, 1.82) is 0 Å². The number of carbonyl (C=O) groups is 1. The second-order valence-corrected chi connectivity index (χ2v) is 14.4. The summed E-state index contributed by atoms with van der Waals surface area (Å²) in [5.41, 5.74) is 0. The lowest BCUT2D eigenvalue weighted by atomic mass is 9.97. The maximum Gasteiger partial charge on any atom is 0.220 e. The predicted molar refractivity (Wildman–Crippen MR) is 203 cm³/mol. The molecule has 2 aliphatic rings. The Morgan fingerprint density at radius 1 is 0.648 bits per heavy atom. The van der Waals surface area contributed by atoms with Gasteiger partial charge < -0.3 is 65.1 Å². The Bertz CT molecular complexity index is 1060. The molecule has 2 aliphatic heterocycles. The Hall–Kier alpha value is -1.79. The van der Waals surface area contributed by atoms with Crippen LogP contribution in [0.1, 0.15) is 117 Å². The SMILES string of the molecule is CCCCCC/C=C/CC/C=C/CC/C=C/C(O)C(COC1OC(CO)C(OC2OC(CO)C(O)C(O)C2O)C(O)C1O)NC(=O)CCCCCCCC. The zero-order chi connectivity index (χ0) is 39.7. The lowest BCUT2D eigenvalue weighted by molar-refractivity contribution is -0.359. The molecule has 0 aromatic rings. The van der Waals surface area contributed by atoms with Crippen LogP contribution in [0, 0.1) is 0 Å². The fraction of sp³-hybridized carbons (Fsp3) is 0.825.